The number of carbonyl (C=O) groups is 2. The van der Waals surface area contributed by atoms with E-state index < -0.39 is 11.9 Å². The third-order valence-corrected chi connectivity index (χ3v) is 2.65. The number of amides is 3. The number of imide groups is 1. The first-order valence-electron chi connectivity index (χ1n) is 5.61. The highest BCUT2D eigenvalue weighted by Gasteiger charge is 2.09. The second-order valence-corrected chi connectivity index (χ2v) is 4.34. The minimum absolute atomic E-state index is 0.431. The summed E-state index contributed by atoms with van der Waals surface area (Å²) < 4.78 is 0. The normalized spacial score (nSPS) is 9.74. The highest BCUT2D eigenvalue weighted by atomic mass is 32.1. The Morgan fingerprint density at radius 3 is 2.37 bits per heavy atom. The number of nitrogens with one attached hydrogen (secondary N) is 2. The molecule has 0 atom stereocenters. The lowest BCUT2D eigenvalue weighted by Gasteiger charge is -2.07. The van der Waals surface area contributed by atoms with Crippen molar-refractivity contribution >= 4 is 30.3 Å². The van der Waals surface area contributed by atoms with E-state index in [1.165, 1.54) is 0 Å². The number of hydrogen-bond donors (Lipinski definition) is 3. The summed E-state index contributed by atoms with van der Waals surface area (Å²) in [6.07, 6.45) is 0. The molecule has 0 saturated heterocycles. The van der Waals surface area contributed by atoms with Gasteiger partial charge in [0.2, 0.25) is 0 Å². The highest BCUT2D eigenvalue weighted by molar-refractivity contribution is 7.80. The van der Waals surface area contributed by atoms with Gasteiger partial charge in [0, 0.05) is 16.1 Å². The summed E-state index contributed by atoms with van der Waals surface area (Å²) in [5.41, 5.74) is 1.01. The SMILES string of the molecule is O=C(NC(=O)c1ccccc1)Nc1cccc(S)c1. The molecule has 0 aliphatic heterocycles. The van der Waals surface area contributed by atoms with Gasteiger partial charge < -0.3 is 5.32 Å². The molecule has 3 amide bonds. The maximum atomic E-state index is 11.7. The lowest BCUT2D eigenvalue weighted by Crippen LogP contribution is -2.34. The molecule has 0 unspecified atom stereocenters. The van der Waals surface area contributed by atoms with E-state index in [4.69, 9.17) is 0 Å². The van der Waals surface area contributed by atoms with Crippen molar-refractivity contribution in [3.8, 4) is 0 Å². The van der Waals surface area contributed by atoms with E-state index in [1.807, 2.05) is 0 Å². The van der Waals surface area contributed by atoms with Crippen LogP contribution in [0.5, 0.6) is 0 Å². The Hall–Kier alpha value is -2.27. The van der Waals surface area contributed by atoms with Gasteiger partial charge in [0.1, 0.15) is 0 Å². The van der Waals surface area contributed by atoms with Gasteiger partial charge >= 0.3 is 6.03 Å². The van der Waals surface area contributed by atoms with Crippen LogP contribution >= 0.6 is 12.6 Å². The van der Waals surface area contributed by atoms with Crippen molar-refractivity contribution in [3.63, 3.8) is 0 Å². The molecule has 19 heavy (non-hydrogen) atoms. The maximum absolute atomic E-state index is 11.7. The van der Waals surface area contributed by atoms with E-state index in [0.717, 1.165) is 4.90 Å². The van der Waals surface area contributed by atoms with Gasteiger partial charge in [-0.15, -0.1) is 12.6 Å². The summed E-state index contributed by atoms with van der Waals surface area (Å²) in [5.74, 6) is -0.444. The average Bonchev–Trinajstić information content (AvgIpc) is 2.39. The van der Waals surface area contributed by atoms with E-state index in [1.54, 1.807) is 54.6 Å². The molecule has 0 aromatic heterocycles. The maximum Gasteiger partial charge on any atom is 0.326 e. The van der Waals surface area contributed by atoms with Gasteiger partial charge in [0.05, 0.1) is 0 Å². The van der Waals surface area contributed by atoms with Crippen molar-refractivity contribution < 1.29 is 9.59 Å². The number of urea groups is 1. The van der Waals surface area contributed by atoms with Crippen molar-refractivity contribution in [1.29, 1.82) is 0 Å². The van der Waals surface area contributed by atoms with Crippen LogP contribution in [0.4, 0.5) is 10.5 Å². The van der Waals surface area contributed by atoms with Crippen LogP contribution in [0.25, 0.3) is 0 Å². The molecule has 4 nitrogen and oxygen atoms in total. The first kappa shape index (κ1) is 13.2. The fraction of sp³-hybridized carbons (Fsp3) is 0. The fourth-order valence-electron chi connectivity index (χ4n) is 1.51. The lowest BCUT2D eigenvalue weighted by atomic mass is 10.2. The molecule has 96 valence electrons. The molecule has 0 aliphatic rings. The quantitative estimate of drug-likeness (QED) is 0.736. The molecular weight excluding hydrogens is 260 g/mol. The van der Waals surface area contributed by atoms with Gasteiger partial charge in [-0.1, -0.05) is 24.3 Å². The van der Waals surface area contributed by atoms with Crippen LogP contribution in [0.2, 0.25) is 0 Å². The zero-order valence-electron chi connectivity index (χ0n) is 9.96. The molecule has 5 heteroatoms. The third kappa shape index (κ3) is 3.86. The van der Waals surface area contributed by atoms with Gasteiger partial charge in [0.25, 0.3) is 5.91 Å². The highest BCUT2D eigenvalue weighted by Crippen LogP contribution is 2.13. The third-order valence-electron chi connectivity index (χ3n) is 2.37. The van der Waals surface area contributed by atoms with Crippen LogP contribution in [0.1, 0.15) is 10.4 Å². The smallest absolute Gasteiger partial charge is 0.308 e. The van der Waals surface area contributed by atoms with Crippen molar-refractivity contribution in [2.75, 3.05) is 5.32 Å². The predicted molar refractivity (Wildman–Crippen MR) is 76.6 cm³/mol. The topological polar surface area (TPSA) is 58.2 Å². The molecule has 0 fully saturated rings. The molecule has 2 aromatic rings. The summed E-state index contributed by atoms with van der Waals surface area (Å²) in [4.78, 5) is 24.1. The second-order valence-electron chi connectivity index (χ2n) is 3.82. The second kappa shape index (κ2) is 6.06. The van der Waals surface area contributed by atoms with Crippen LogP contribution in [0.3, 0.4) is 0 Å². The summed E-state index contributed by atoms with van der Waals surface area (Å²) >= 11 is 4.16. The number of carbonyl (C=O) groups excluding carboxylic acids is 2. The number of hydrogen-bond acceptors (Lipinski definition) is 3. The van der Waals surface area contributed by atoms with Crippen LogP contribution in [-0.4, -0.2) is 11.9 Å². The van der Waals surface area contributed by atoms with Gasteiger partial charge in [0.15, 0.2) is 0 Å². The summed E-state index contributed by atoms with van der Waals surface area (Å²) in [5, 5.41) is 4.81. The number of thiol groups is 1. The molecular formula is C14H12N2O2S. The van der Waals surface area contributed by atoms with Crippen LogP contribution < -0.4 is 10.6 Å². The Morgan fingerprint density at radius 2 is 1.68 bits per heavy atom. The molecule has 2 rings (SSSR count). The van der Waals surface area contributed by atoms with Crippen LogP contribution in [0.15, 0.2) is 59.5 Å². The van der Waals surface area contributed by atoms with Crippen molar-refractivity contribution in [2.45, 2.75) is 4.90 Å². The van der Waals surface area contributed by atoms with Gasteiger partial charge in [-0.25, -0.2) is 4.79 Å². The first-order chi connectivity index (χ1) is 9.15. The monoisotopic (exact) mass is 272 g/mol. The summed E-state index contributed by atoms with van der Waals surface area (Å²) in [6, 6.07) is 14.9. The average molecular weight is 272 g/mol. The van der Waals surface area contributed by atoms with Gasteiger partial charge in [-0.05, 0) is 30.3 Å². The fourth-order valence-corrected chi connectivity index (χ4v) is 1.74. The zero-order valence-corrected chi connectivity index (χ0v) is 10.9. The number of rotatable bonds is 2. The minimum Gasteiger partial charge on any atom is -0.308 e. The van der Waals surface area contributed by atoms with Crippen LogP contribution in [-0.2, 0) is 0 Å². The number of anilines is 1. The Balaban J connectivity index is 1.97. The van der Waals surface area contributed by atoms with Crippen molar-refractivity contribution in [2.24, 2.45) is 0 Å². The van der Waals surface area contributed by atoms with E-state index in [2.05, 4.69) is 23.3 Å². The number of benzene rings is 2. The molecule has 2 N–H and O–H groups in total. The van der Waals surface area contributed by atoms with Crippen molar-refractivity contribution in [1.82, 2.24) is 5.32 Å². The molecule has 0 heterocycles. The Morgan fingerprint density at radius 1 is 0.947 bits per heavy atom. The molecule has 0 bridgehead atoms. The van der Waals surface area contributed by atoms with E-state index in [0.29, 0.717) is 11.3 Å². The van der Waals surface area contributed by atoms with Crippen LogP contribution in [0, 0.1) is 0 Å². The Kier molecular flexibility index (Phi) is 4.20. The van der Waals surface area contributed by atoms with E-state index in [-0.39, 0.29) is 0 Å². The van der Waals surface area contributed by atoms with Gasteiger partial charge in [-0.2, -0.15) is 0 Å². The standard InChI is InChI=1S/C14H12N2O2S/c17-13(10-5-2-1-3-6-10)16-14(18)15-11-7-4-8-12(19)9-11/h1-9,19H,(H2,15,16,17,18). The Bertz CT molecular complexity index is 599. The lowest BCUT2D eigenvalue weighted by molar-refractivity contribution is 0.0967. The molecule has 0 spiro atoms. The molecule has 2 aromatic carbocycles. The Labute approximate surface area is 116 Å². The van der Waals surface area contributed by atoms with Crippen molar-refractivity contribution in [3.05, 3.63) is 60.2 Å². The minimum atomic E-state index is -0.576. The first-order valence-corrected chi connectivity index (χ1v) is 6.06. The molecule has 0 radical (unpaired) electrons. The summed E-state index contributed by atoms with van der Waals surface area (Å²) in [7, 11) is 0. The summed E-state index contributed by atoms with van der Waals surface area (Å²) in [6.45, 7) is 0. The predicted octanol–water partition coefficient (Wildman–Crippen LogP) is 2.94. The molecule has 0 saturated carbocycles. The van der Waals surface area contributed by atoms with E-state index in [9.17, 15) is 9.59 Å². The van der Waals surface area contributed by atoms with E-state index >= 15 is 0 Å². The molecule has 0 aliphatic carbocycles. The van der Waals surface area contributed by atoms with Gasteiger partial charge in [-0.3, -0.25) is 10.1 Å². The zero-order chi connectivity index (χ0) is 13.7. The largest absolute Gasteiger partial charge is 0.326 e.